The van der Waals surface area contributed by atoms with E-state index in [1.165, 1.54) is 0 Å². The van der Waals surface area contributed by atoms with Crippen molar-refractivity contribution in [3.63, 3.8) is 0 Å². The Morgan fingerprint density at radius 1 is 1.06 bits per heavy atom. The highest BCUT2D eigenvalue weighted by molar-refractivity contribution is 5.71. The van der Waals surface area contributed by atoms with Gasteiger partial charge in [-0.25, -0.2) is 0 Å². The zero-order valence-electron chi connectivity index (χ0n) is 10.9. The molecule has 94 valence electrons. The Morgan fingerprint density at radius 2 is 1.71 bits per heavy atom. The van der Waals surface area contributed by atoms with Crippen molar-refractivity contribution in [3.8, 4) is 17.2 Å². The molecule has 0 aliphatic rings. The molecule has 0 amide bonds. The van der Waals surface area contributed by atoms with Gasteiger partial charge in [-0.3, -0.25) is 0 Å². The van der Waals surface area contributed by atoms with Crippen molar-refractivity contribution in [1.29, 1.82) is 0 Å². The van der Waals surface area contributed by atoms with Gasteiger partial charge in [-0.2, -0.15) is 0 Å². The van der Waals surface area contributed by atoms with E-state index in [9.17, 15) is 4.79 Å². The molecular weight excluding hydrogens is 220 g/mol. The fourth-order valence-corrected chi connectivity index (χ4v) is 1.60. The van der Waals surface area contributed by atoms with Gasteiger partial charge < -0.3 is 19.0 Å². The van der Waals surface area contributed by atoms with Crippen LogP contribution in [0, 0.1) is 0 Å². The molecule has 4 nitrogen and oxygen atoms in total. The molecule has 0 spiro atoms. The maximum absolute atomic E-state index is 11.2. The predicted molar refractivity (Wildman–Crippen MR) is 65.2 cm³/mol. The van der Waals surface area contributed by atoms with Gasteiger partial charge in [-0.1, -0.05) is 0 Å². The number of aldehydes is 1. The lowest BCUT2D eigenvalue weighted by molar-refractivity contribution is -0.111. The molecule has 0 unspecified atom stereocenters. The summed E-state index contributed by atoms with van der Waals surface area (Å²) in [5.74, 6) is 1.75. The number of rotatable bonds is 5. The molecule has 0 aromatic heterocycles. The van der Waals surface area contributed by atoms with Gasteiger partial charge in [0.15, 0.2) is 11.5 Å². The summed E-state index contributed by atoms with van der Waals surface area (Å²) in [5.41, 5.74) is 0.0823. The predicted octanol–water partition coefficient (Wildman–Crippen LogP) is 2.19. The molecule has 0 aliphatic heterocycles. The number of ether oxygens (including phenoxy) is 3. The fraction of sp³-hybridized carbons (Fsp3) is 0.462. The van der Waals surface area contributed by atoms with E-state index < -0.39 is 5.41 Å². The number of hydrogen-bond donors (Lipinski definition) is 0. The van der Waals surface area contributed by atoms with Crippen molar-refractivity contribution in [2.24, 2.45) is 0 Å². The molecule has 1 rings (SSSR count). The molecule has 0 radical (unpaired) electrons. The lowest BCUT2D eigenvalue weighted by Gasteiger charge is -2.23. The summed E-state index contributed by atoms with van der Waals surface area (Å²) in [4.78, 5) is 11.2. The lowest BCUT2D eigenvalue weighted by Crippen LogP contribution is -2.20. The third kappa shape index (κ3) is 2.52. The first kappa shape index (κ1) is 13.4. The van der Waals surface area contributed by atoms with Crippen LogP contribution in [0.1, 0.15) is 19.4 Å². The molecule has 0 aliphatic carbocycles. The Bertz CT molecular complexity index is 410. The zero-order chi connectivity index (χ0) is 13.1. The van der Waals surface area contributed by atoms with Crippen molar-refractivity contribution in [2.45, 2.75) is 19.3 Å². The van der Waals surface area contributed by atoms with E-state index in [-0.39, 0.29) is 0 Å². The highest BCUT2D eigenvalue weighted by Crippen LogP contribution is 2.40. The van der Waals surface area contributed by atoms with E-state index in [4.69, 9.17) is 14.2 Å². The topological polar surface area (TPSA) is 44.8 Å². The lowest BCUT2D eigenvalue weighted by atomic mass is 9.85. The zero-order valence-corrected chi connectivity index (χ0v) is 10.9. The number of carbonyl (C=O) groups excluding carboxylic acids is 1. The second kappa shape index (κ2) is 5.08. The van der Waals surface area contributed by atoms with Crippen LogP contribution in [-0.4, -0.2) is 27.6 Å². The van der Waals surface area contributed by atoms with Crippen LogP contribution in [0.25, 0.3) is 0 Å². The minimum atomic E-state index is -0.660. The Balaban J connectivity index is 3.49. The number of carbonyl (C=O) groups is 1. The average Bonchev–Trinajstić information content (AvgIpc) is 2.36. The van der Waals surface area contributed by atoms with Crippen molar-refractivity contribution in [3.05, 3.63) is 17.7 Å². The molecule has 17 heavy (non-hydrogen) atoms. The van der Waals surface area contributed by atoms with Crippen LogP contribution >= 0.6 is 0 Å². The first-order chi connectivity index (χ1) is 8.00. The third-order valence-corrected chi connectivity index (χ3v) is 2.68. The minimum absolute atomic E-state index is 0.553. The average molecular weight is 238 g/mol. The van der Waals surface area contributed by atoms with Gasteiger partial charge in [0, 0.05) is 17.0 Å². The van der Waals surface area contributed by atoms with E-state index in [0.717, 1.165) is 11.8 Å². The van der Waals surface area contributed by atoms with Crippen LogP contribution < -0.4 is 14.2 Å². The van der Waals surface area contributed by atoms with Gasteiger partial charge in [0.2, 0.25) is 0 Å². The highest BCUT2D eigenvalue weighted by atomic mass is 16.5. The summed E-state index contributed by atoms with van der Waals surface area (Å²) in [6.07, 6.45) is 0.879. The van der Waals surface area contributed by atoms with Crippen molar-refractivity contribution in [1.82, 2.24) is 0 Å². The molecule has 0 heterocycles. The van der Waals surface area contributed by atoms with E-state index >= 15 is 0 Å². The summed E-state index contributed by atoms with van der Waals surface area (Å²) in [7, 11) is 4.67. The molecule has 0 bridgehead atoms. The molecule has 1 aromatic carbocycles. The summed E-state index contributed by atoms with van der Waals surface area (Å²) < 4.78 is 15.7. The molecule has 1 aromatic rings. The molecule has 0 saturated carbocycles. The molecule has 0 fully saturated rings. The van der Waals surface area contributed by atoms with Gasteiger partial charge in [0.25, 0.3) is 0 Å². The van der Waals surface area contributed by atoms with E-state index in [0.29, 0.717) is 17.2 Å². The van der Waals surface area contributed by atoms with Crippen LogP contribution in [-0.2, 0) is 10.2 Å². The molecule has 0 saturated heterocycles. The van der Waals surface area contributed by atoms with Crippen molar-refractivity contribution < 1.29 is 19.0 Å². The van der Waals surface area contributed by atoms with E-state index in [2.05, 4.69) is 0 Å². The van der Waals surface area contributed by atoms with Crippen molar-refractivity contribution in [2.75, 3.05) is 21.3 Å². The maximum atomic E-state index is 11.2. The Kier molecular flexibility index (Phi) is 3.99. The second-order valence-corrected chi connectivity index (χ2v) is 4.25. The number of benzene rings is 1. The molecular formula is C13H18O4. The third-order valence-electron chi connectivity index (χ3n) is 2.68. The normalized spacial score (nSPS) is 10.9. The Morgan fingerprint density at radius 3 is 2.12 bits per heavy atom. The van der Waals surface area contributed by atoms with Crippen LogP contribution in [0.5, 0.6) is 17.2 Å². The number of hydrogen-bond acceptors (Lipinski definition) is 4. The second-order valence-electron chi connectivity index (χ2n) is 4.25. The van der Waals surface area contributed by atoms with Crippen LogP contribution in [0.15, 0.2) is 12.1 Å². The summed E-state index contributed by atoms with van der Waals surface area (Å²) >= 11 is 0. The van der Waals surface area contributed by atoms with E-state index in [1.54, 1.807) is 33.5 Å². The van der Waals surface area contributed by atoms with Crippen LogP contribution in [0.4, 0.5) is 0 Å². The van der Waals surface area contributed by atoms with Gasteiger partial charge in [-0.05, 0) is 19.9 Å². The standard InChI is InChI=1S/C13H18O4/c1-13(2,8-14)10-6-9(15-3)7-11(16-4)12(10)17-5/h6-8H,1-5H3. The number of methoxy groups -OCH3 is 3. The first-order valence-corrected chi connectivity index (χ1v) is 5.27. The van der Waals surface area contributed by atoms with Gasteiger partial charge >= 0.3 is 0 Å². The quantitative estimate of drug-likeness (QED) is 0.738. The van der Waals surface area contributed by atoms with Gasteiger partial charge in [0.1, 0.15) is 12.0 Å². The van der Waals surface area contributed by atoms with Gasteiger partial charge in [0.05, 0.1) is 21.3 Å². The van der Waals surface area contributed by atoms with Gasteiger partial charge in [-0.15, -0.1) is 0 Å². The summed E-state index contributed by atoms with van der Waals surface area (Å²) in [6, 6.07) is 3.51. The SMILES string of the molecule is COc1cc(OC)c(OC)c(C(C)(C)C=O)c1. The molecule has 4 heteroatoms. The summed E-state index contributed by atoms with van der Waals surface area (Å²) in [5, 5.41) is 0. The molecule has 0 N–H and O–H groups in total. The van der Waals surface area contributed by atoms with Crippen LogP contribution in [0.3, 0.4) is 0 Å². The smallest absolute Gasteiger partial charge is 0.165 e. The van der Waals surface area contributed by atoms with E-state index in [1.807, 2.05) is 13.8 Å². The summed E-state index contributed by atoms with van der Waals surface area (Å²) in [6.45, 7) is 3.63. The highest BCUT2D eigenvalue weighted by Gasteiger charge is 2.27. The Labute approximate surface area is 101 Å². The maximum Gasteiger partial charge on any atom is 0.165 e. The Hall–Kier alpha value is -1.71. The molecule has 0 atom stereocenters. The monoisotopic (exact) mass is 238 g/mol. The van der Waals surface area contributed by atoms with Crippen molar-refractivity contribution >= 4 is 6.29 Å². The first-order valence-electron chi connectivity index (χ1n) is 5.27. The minimum Gasteiger partial charge on any atom is -0.497 e. The fourth-order valence-electron chi connectivity index (χ4n) is 1.60. The largest absolute Gasteiger partial charge is 0.497 e. The van der Waals surface area contributed by atoms with Crippen LogP contribution in [0.2, 0.25) is 0 Å².